The Bertz CT molecular complexity index is 549. The molecule has 0 bridgehead atoms. The molecule has 0 spiro atoms. The highest BCUT2D eigenvalue weighted by Crippen LogP contribution is 2.33. The fraction of sp³-hybridized carbons (Fsp3) is 0.333. The molecule has 0 saturated carbocycles. The van der Waals surface area contributed by atoms with Gasteiger partial charge >= 0.3 is 18.2 Å². The van der Waals surface area contributed by atoms with E-state index in [0.717, 1.165) is 12.1 Å². The first-order valence-corrected chi connectivity index (χ1v) is 6.13. The number of nitrogens with one attached hydrogen (secondary N) is 2. The third kappa shape index (κ3) is 5.50. The van der Waals surface area contributed by atoms with E-state index in [1.165, 1.54) is 6.92 Å². The van der Waals surface area contributed by atoms with Gasteiger partial charge in [-0.1, -0.05) is 11.6 Å². The van der Waals surface area contributed by atoms with Crippen molar-refractivity contribution < 1.29 is 27.9 Å². The van der Waals surface area contributed by atoms with Gasteiger partial charge in [0, 0.05) is 6.04 Å². The van der Waals surface area contributed by atoms with Gasteiger partial charge in [-0.15, -0.1) is 0 Å². The van der Waals surface area contributed by atoms with Crippen LogP contribution in [0.4, 0.5) is 23.7 Å². The van der Waals surface area contributed by atoms with Crippen LogP contribution in [-0.4, -0.2) is 23.1 Å². The number of benzene rings is 1. The zero-order valence-electron chi connectivity index (χ0n) is 10.8. The third-order valence-electron chi connectivity index (χ3n) is 2.40. The van der Waals surface area contributed by atoms with Crippen molar-refractivity contribution in [1.29, 1.82) is 0 Å². The molecule has 0 aliphatic rings. The van der Waals surface area contributed by atoms with Crippen molar-refractivity contribution >= 4 is 29.3 Å². The Morgan fingerprint density at radius 1 is 1.38 bits per heavy atom. The first-order valence-electron chi connectivity index (χ1n) is 5.75. The van der Waals surface area contributed by atoms with E-state index < -0.39 is 29.8 Å². The number of alkyl halides is 3. The number of carbonyl (C=O) groups excluding carboxylic acids is 1. The average molecular weight is 325 g/mol. The smallest absolute Gasteiger partial charge is 0.416 e. The van der Waals surface area contributed by atoms with Gasteiger partial charge in [-0.2, -0.15) is 13.2 Å². The minimum absolute atomic E-state index is 0.00954. The van der Waals surface area contributed by atoms with Crippen LogP contribution in [0.15, 0.2) is 18.2 Å². The second kappa shape index (κ2) is 6.66. The van der Waals surface area contributed by atoms with Crippen LogP contribution in [0.2, 0.25) is 5.02 Å². The third-order valence-corrected chi connectivity index (χ3v) is 2.72. The predicted octanol–water partition coefficient (Wildman–Crippen LogP) is 3.34. The highest BCUT2D eigenvalue weighted by molar-refractivity contribution is 6.33. The maximum absolute atomic E-state index is 12.4. The van der Waals surface area contributed by atoms with E-state index >= 15 is 0 Å². The second-order valence-corrected chi connectivity index (χ2v) is 4.70. The van der Waals surface area contributed by atoms with Crippen molar-refractivity contribution in [1.82, 2.24) is 5.32 Å². The summed E-state index contributed by atoms with van der Waals surface area (Å²) in [6.07, 6.45) is -4.81. The van der Waals surface area contributed by atoms with Crippen molar-refractivity contribution in [2.75, 3.05) is 5.32 Å². The van der Waals surface area contributed by atoms with Crippen LogP contribution in [-0.2, 0) is 11.0 Å². The number of carboxylic acid groups (broad SMARTS) is 1. The Labute approximate surface area is 123 Å². The Morgan fingerprint density at radius 2 is 2.00 bits per heavy atom. The van der Waals surface area contributed by atoms with Crippen LogP contribution in [0.1, 0.15) is 18.9 Å². The molecule has 3 N–H and O–H groups in total. The van der Waals surface area contributed by atoms with Crippen molar-refractivity contribution in [3.05, 3.63) is 28.8 Å². The van der Waals surface area contributed by atoms with Crippen molar-refractivity contribution in [3.8, 4) is 0 Å². The molecule has 0 aliphatic carbocycles. The summed E-state index contributed by atoms with van der Waals surface area (Å²) in [5.74, 6) is -1.09. The fourth-order valence-electron chi connectivity index (χ4n) is 1.49. The summed E-state index contributed by atoms with van der Waals surface area (Å²) in [4.78, 5) is 22.0. The first-order chi connectivity index (χ1) is 9.59. The summed E-state index contributed by atoms with van der Waals surface area (Å²) < 4.78 is 37.3. The Morgan fingerprint density at radius 3 is 2.48 bits per heavy atom. The van der Waals surface area contributed by atoms with Crippen LogP contribution in [0, 0.1) is 0 Å². The molecule has 5 nitrogen and oxygen atoms in total. The molecule has 0 fully saturated rings. The summed E-state index contributed by atoms with van der Waals surface area (Å²) >= 11 is 5.66. The summed E-state index contributed by atoms with van der Waals surface area (Å²) in [5, 5.41) is 12.8. The zero-order valence-corrected chi connectivity index (χ0v) is 11.5. The molecule has 1 atom stereocenters. The van der Waals surface area contributed by atoms with Gasteiger partial charge in [0.1, 0.15) is 0 Å². The molecule has 0 saturated heterocycles. The fourth-order valence-corrected chi connectivity index (χ4v) is 1.72. The minimum Gasteiger partial charge on any atom is -0.481 e. The lowest BCUT2D eigenvalue weighted by molar-refractivity contribution is -0.138. The summed E-state index contributed by atoms with van der Waals surface area (Å²) in [5.41, 5.74) is -0.942. The first kappa shape index (κ1) is 17.1. The molecule has 2 amide bonds. The second-order valence-electron chi connectivity index (χ2n) is 4.29. The predicted molar refractivity (Wildman–Crippen MR) is 70.3 cm³/mol. The van der Waals surface area contributed by atoms with E-state index in [4.69, 9.17) is 16.7 Å². The van der Waals surface area contributed by atoms with Gasteiger partial charge in [-0.05, 0) is 25.1 Å². The van der Waals surface area contributed by atoms with Crippen LogP contribution in [0.5, 0.6) is 0 Å². The lowest BCUT2D eigenvalue weighted by atomic mass is 10.2. The van der Waals surface area contributed by atoms with E-state index in [2.05, 4.69) is 10.6 Å². The van der Waals surface area contributed by atoms with Gasteiger partial charge in [0.15, 0.2) is 0 Å². The number of anilines is 1. The molecule has 1 aromatic carbocycles. The largest absolute Gasteiger partial charge is 0.481 e. The lowest BCUT2D eigenvalue weighted by Gasteiger charge is -2.14. The molecule has 1 unspecified atom stereocenters. The maximum Gasteiger partial charge on any atom is 0.416 e. The molecule has 0 heterocycles. The maximum atomic E-state index is 12.4. The SMILES string of the molecule is CC(CC(=O)O)NC(=O)Nc1ccc(C(F)(F)F)cc1Cl. The molecule has 1 aromatic rings. The van der Waals surface area contributed by atoms with Crippen LogP contribution < -0.4 is 10.6 Å². The molecule has 9 heteroatoms. The van der Waals surface area contributed by atoms with Crippen molar-refractivity contribution in [3.63, 3.8) is 0 Å². The average Bonchev–Trinajstić information content (AvgIpc) is 2.28. The number of urea groups is 1. The Kier molecular flexibility index (Phi) is 5.42. The highest BCUT2D eigenvalue weighted by Gasteiger charge is 2.31. The molecule has 1 rings (SSSR count). The number of halogens is 4. The number of carbonyl (C=O) groups is 2. The molecule has 116 valence electrons. The van der Waals surface area contributed by atoms with Gasteiger partial charge in [0.2, 0.25) is 0 Å². The van der Waals surface area contributed by atoms with Gasteiger partial charge in [-0.25, -0.2) is 4.79 Å². The number of aliphatic carboxylic acids is 1. The topological polar surface area (TPSA) is 78.4 Å². The van der Waals surface area contributed by atoms with Crippen molar-refractivity contribution in [2.45, 2.75) is 25.6 Å². The highest BCUT2D eigenvalue weighted by atomic mass is 35.5. The van der Waals surface area contributed by atoms with E-state index in [1.54, 1.807) is 0 Å². The van der Waals surface area contributed by atoms with Gasteiger partial charge in [0.05, 0.1) is 22.7 Å². The Balaban J connectivity index is 2.71. The van der Waals surface area contributed by atoms with Gasteiger partial charge in [-0.3, -0.25) is 4.79 Å². The molecule has 0 aliphatic heterocycles. The van der Waals surface area contributed by atoms with Crippen LogP contribution in [0.25, 0.3) is 0 Å². The van der Waals surface area contributed by atoms with Crippen molar-refractivity contribution in [2.24, 2.45) is 0 Å². The van der Waals surface area contributed by atoms with E-state index in [1.807, 2.05) is 0 Å². The number of carboxylic acids is 1. The monoisotopic (exact) mass is 324 g/mol. The van der Waals surface area contributed by atoms with Gasteiger partial charge < -0.3 is 15.7 Å². The molecule has 21 heavy (non-hydrogen) atoms. The minimum atomic E-state index is -4.53. The normalized spacial score (nSPS) is 12.6. The summed E-state index contributed by atoms with van der Waals surface area (Å²) in [7, 11) is 0. The molecule has 0 aromatic heterocycles. The number of hydrogen-bond donors (Lipinski definition) is 3. The zero-order chi connectivity index (χ0) is 16.2. The quantitative estimate of drug-likeness (QED) is 0.794. The number of rotatable bonds is 4. The standard InChI is InChI=1S/C12H12ClF3N2O3/c1-6(4-10(19)20)17-11(21)18-9-3-2-7(5-8(9)13)12(14,15)16/h2-3,5-6H,4H2,1H3,(H,19,20)(H2,17,18,21). The lowest BCUT2D eigenvalue weighted by Crippen LogP contribution is -2.37. The molecular formula is C12H12ClF3N2O3. The summed E-state index contributed by atoms with van der Waals surface area (Å²) in [6, 6.07) is 1.09. The molecular weight excluding hydrogens is 313 g/mol. The number of hydrogen-bond acceptors (Lipinski definition) is 2. The van der Waals surface area contributed by atoms with Crippen LogP contribution in [0.3, 0.4) is 0 Å². The van der Waals surface area contributed by atoms with Crippen LogP contribution >= 0.6 is 11.6 Å². The summed E-state index contributed by atoms with van der Waals surface area (Å²) in [6.45, 7) is 1.47. The Hall–Kier alpha value is -1.96. The van der Waals surface area contributed by atoms with E-state index in [0.29, 0.717) is 6.07 Å². The van der Waals surface area contributed by atoms with E-state index in [-0.39, 0.29) is 17.1 Å². The molecule has 0 radical (unpaired) electrons. The van der Waals surface area contributed by atoms with E-state index in [9.17, 15) is 22.8 Å². The van der Waals surface area contributed by atoms with Gasteiger partial charge in [0.25, 0.3) is 0 Å². The number of amides is 2.